The smallest absolute Gasteiger partial charge is 0.415 e. The summed E-state index contributed by atoms with van der Waals surface area (Å²) >= 11 is 0. The van der Waals surface area contributed by atoms with Gasteiger partial charge in [0.15, 0.2) is 5.60 Å². The number of hydrogen-bond donors (Lipinski definition) is 2. The fourth-order valence-electron chi connectivity index (χ4n) is 5.16. The monoisotopic (exact) mass is 506 g/mol. The lowest BCUT2D eigenvalue weighted by Crippen LogP contribution is -2.44. The molecule has 10 nitrogen and oxygen atoms in total. The van der Waals surface area contributed by atoms with E-state index in [1.54, 1.807) is 36.7 Å². The third-order valence-electron chi connectivity index (χ3n) is 7.34. The number of aliphatic hydroxyl groups is 1. The van der Waals surface area contributed by atoms with Gasteiger partial charge >= 0.3 is 12.1 Å². The van der Waals surface area contributed by atoms with Crippen molar-refractivity contribution in [1.29, 1.82) is 0 Å². The zero-order valence-corrected chi connectivity index (χ0v) is 21.4. The number of nitrogens with zero attached hydrogens (tertiary/aromatic N) is 3. The maximum Gasteiger partial charge on any atom is 0.415 e. The van der Waals surface area contributed by atoms with Crippen LogP contribution in [-0.2, 0) is 34.7 Å². The van der Waals surface area contributed by atoms with E-state index in [1.807, 2.05) is 20.0 Å². The Kier molecular flexibility index (Phi) is 6.25. The molecule has 5 rings (SSSR count). The molecule has 0 saturated heterocycles. The van der Waals surface area contributed by atoms with Crippen LogP contribution in [0.3, 0.4) is 0 Å². The van der Waals surface area contributed by atoms with Crippen LogP contribution < -0.4 is 15.6 Å². The summed E-state index contributed by atoms with van der Waals surface area (Å²) in [6, 6.07) is 7.02. The minimum absolute atomic E-state index is 0.0889. The molecule has 0 radical (unpaired) electrons. The molecule has 1 atom stereocenters. The Morgan fingerprint density at radius 2 is 2.05 bits per heavy atom. The quantitative estimate of drug-likeness (QED) is 0.382. The molecule has 2 aliphatic rings. The van der Waals surface area contributed by atoms with Crippen LogP contribution in [0.1, 0.15) is 42.5 Å². The van der Waals surface area contributed by atoms with Gasteiger partial charge in [0.1, 0.15) is 12.4 Å². The molecule has 194 valence electrons. The number of fused-ring (bicyclic) bond motifs is 5. The van der Waals surface area contributed by atoms with Crippen LogP contribution in [0.2, 0.25) is 0 Å². The van der Waals surface area contributed by atoms with Gasteiger partial charge in [-0.1, -0.05) is 13.8 Å². The minimum atomic E-state index is -1.87. The Labute approximate surface area is 213 Å². The first-order valence-electron chi connectivity index (χ1n) is 12.4. The summed E-state index contributed by atoms with van der Waals surface area (Å²) in [6.45, 7) is 5.02. The number of likely N-dealkylation sites (N-methyl/N-ethyl adjacent to an activating group) is 2. The molecule has 0 bridgehead atoms. The maximum atomic E-state index is 13.5. The normalized spacial score (nSPS) is 17.7. The molecule has 0 aliphatic carbocycles. The Hall–Kier alpha value is -3.76. The molecule has 10 heteroatoms. The van der Waals surface area contributed by atoms with Crippen LogP contribution in [0.5, 0.6) is 5.75 Å². The van der Waals surface area contributed by atoms with E-state index >= 15 is 0 Å². The molecule has 2 N–H and O–H groups in total. The fraction of sp³-hybridized carbons (Fsp3) is 0.407. The van der Waals surface area contributed by atoms with E-state index < -0.39 is 17.7 Å². The average Bonchev–Trinajstić information content (AvgIpc) is 3.26. The molecule has 3 aromatic rings. The predicted molar refractivity (Wildman–Crippen MR) is 136 cm³/mol. The molecule has 0 unspecified atom stereocenters. The van der Waals surface area contributed by atoms with Crippen LogP contribution in [-0.4, -0.2) is 58.8 Å². The maximum absolute atomic E-state index is 13.5. The third kappa shape index (κ3) is 3.87. The van der Waals surface area contributed by atoms with Crippen LogP contribution in [0.4, 0.5) is 4.79 Å². The summed E-state index contributed by atoms with van der Waals surface area (Å²) in [5.41, 5.74) is 2.24. The second kappa shape index (κ2) is 9.28. The largest absolute Gasteiger partial charge is 0.458 e. The predicted octanol–water partition coefficient (Wildman–Crippen LogP) is 2.29. The highest BCUT2D eigenvalue weighted by Gasteiger charge is 2.45. The number of aryl methyl sites for hydroxylation is 1. The van der Waals surface area contributed by atoms with E-state index in [-0.39, 0.29) is 18.6 Å². The second-order valence-electron chi connectivity index (χ2n) is 9.45. The van der Waals surface area contributed by atoms with Crippen molar-refractivity contribution in [2.75, 3.05) is 27.2 Å². The highest BCUT2D eigenvalue weighted by atomic mass is 16.6. The van der Waals surface area contributed by atoms with E-state index in [1.165, 1.54) is 4.90 Å². The summed E-state index contributed by atoms with van der Waals surface area (Å²) in [4.78, 5) is 44.7. The summed E-state index contributed by atoms with van der Waals surface area (Å²) in [5, 5.41) is 14.9. The van der Waals surface area contributed by atoms with Gasteiger partial charge < -0.3 is 29.4 Å². The molecule has 2 aromatic heterocycles. The molecule has 1 amide bonds. The van der Waals surface area contributed by atoms with Gasteiger partial charge in [-0.3, -0.25) is 4.79 Å². The Bertz CT molecular complexity index is 1500. The van der Waals surface area contributed by atoms with Crippen LogP contribution in [0.25, 0.3) is 22.3 Å². The highest BCUT2D eigenvalue weighted by molar-refractivity contribution is 5.90. The number of esters is 1. The van der Waals surface area contributed by atoms with Crippen LogP contribution in [0.15, 0.2) is 29.1 Å². The molecule has 2 aliphatic heterocycles. The second-order valence-corrected chi connectivity index (χ2v) is 9.45. The molecule has 1 aromatic carbocycles. The first-order valence-corrected chi connectivity index (χ1v) is 12.4. The number of cyclic esters (lactones) is 1. The zero-order chi connectivity index (χ0) is 26.5. The molecular formula is C27H30N4O6. The van der Waals surface area contributed by atoms with Gasteiger partial charge in [0.05, 0.1) is 29.0 Å². The standard InChI is InChI=1S/C27H30N4O6/c1-5-16-17-11-15(37-26(34)30(4)10-9-28-3)7-8-21(17)29-23-18(16)13-31-22(23)12-20-19(24(31)32)14-36-25(33)27(20,35)6-2/h7-8,11-12,28,35H,5-6,9-10,13-14H2,1-4H3/t27-/m0/s1. The van der Waals surface area contributed by atoms with E-state index in [0.29, 0.717) is 59.8 Å². The van der Waals surface area contributed by atoms with Crippen molar-refractivity contribution >= 4 is 23.0 Å². The van der Waals surface area contributed by atoms with Gasteiger partial charge in [0, 0.05) is 36.7 Å². The molecule has 0 spiro atoms. The van der Waals surface area contributed by atoms with Crippen molar-refractivity contribution in [3.63, 3.8) is 0 Å². The van der Waals surface area contributed by atoms with Crippen molar-refractivity contribution in [2.24, 2.45) is 0 Å². The number of ether oxygens (including phenoxy) is 2. The molecule has 0 fully saturated rings. The number of aromatic nitrogens is 2. The summed E-state index contributed by atoms with van der Waals surface area (Å²) < 4.78 is 12.4. The van der Waals surface area contributed by atoms with Gasteiger partial charge in [-0.05, 0) is 49.7 Å². The number of hydrogen-bond acceptors (Lipinski definition) is 8. The number of amides is 1. The van der Waals surface area contributed by atoms with Gasteiger partial charge in [0.25, 0.3) is 5.56 Å². The Morgan fingerprint density at radius 1 is 1.27 bits per heavy atom. The molecule has 37 heavy (non-hydrogen) atoms. The van der Waals surface area contributed by atoms with E-state index in [9.17, 15) is 19.5 Å². The van der Waals surface area contributed by atoms with Gasteiger partial charge in [-0.25, -0.2) is 14.6 Å². The van der Waals surface area contributed by atoms with Crippen molar-refractivity contribution in [3.05, 3.63) is 56.9 Å². The minimum Gasteiger partial charge on any atom is -0.458 e. The lowest BCUT2D eigenvalue weighted by atomic mass is 9.86. The summed E-state index contributed by atoms with van der Waals surface area (Å²) in [6.07, 6.45) is 0.307. The van der Waals surface area contributed by atoms with Crippen LogP contribution in [0, 0.1) is 0 Å². The van der Waals surface area contributed by atoms with Crippen molar-refractivity contribution < 1.29 is 24.2 Å². The van der Waals surface area contributed by atoms with E-state index in [2.05, 4.69) is 5.32 Å². The number of carbonyl (C=O) groups is 2. The number of pyridine rings is 2. The van der Waals surface area contributed by atoms with Gasteiger partial charge in [0.2, 0.25) is 0 Å². The molecule has 4 heterocycles. The SMILES string of the molecule is CCc1c2c(nc3ccc(OC(=O)N(C)CCNC)cc13)-c1cc3c(c(=O)n1C2)COC(=O)[C@]3(O)CC. The van der Waals surface area contributed by atoms with Gasteiger partial charge in [-0.15, -0.1) is 0 Å². The average molecular weight is 507 g/mol. The van der Waals surface area contributed by atoms with Crippen molar-refractivity contribution in [3.8, 4) is 17.1 Å². The Morgan fingerprint density at radius 3 is 2.76 bits per heavy atom. The summed E-state index contributed by atoms with van der Waals surface area (Å²) in [5.74, 6) is -0.332. The van der Waals surface area contributed by atoms with Crippen LogP contribution >= 0.6 is 0 Å². The number of rotatable bonds is 6. The summed E-state index contributed by atoms with van der Waals surface area (Å²) in [7, 11) is 3.50. The lowest BCUT2D eigenvalue weighted by molar-refractivity contribution is -0.172. The Balaban J connectivity index is 1.60. The zero-order valence-electron chi connectivity index (χ0n) is 21.4. The number of nitrogens with one attached hydrogen (secondary N) is 1. The highest BCUT2D eigenvalue weighted by Crippen LogP contribution is 2.40. The fourth-order valence-corrected chi connectivity index (χ4v) is 5.16. The topological polar surface area (TPSA) is 123 Å². The first kappa shape index (κ1) is 24.9. The lowest BCUT2D eigenvalue weighted by Gasteiger charge is -2.31. The van der Waals surface area contributed by atoms with Crippen molar-refractivity contribution in [1.82, 2.24) is 19.8 Å². The third-order valence-corrected chi connectivity index (χ3v) is 7.34. The molecule has 0 saturated carbocycles. The number of carbonyl (C=O) groups excluding carboxylic acids is 2. The number of benzene rings is 1. The first-order chi connectivity index (χ1) is 17.7. The van der Waals surface area contributed by atoms with E-state index in [4.69, 9.17) is 14.5 Å². The van der Waals surface area contributed by atoms with Crippen molar-refractivity contribution in [2.45, 2.75) is 45.4 Å². The van der Waals surface area contributed by atoms with Gasteiger partial charge in [-0.2, -0.15) is 0 Å². The molecular weight excluding hydrogens is 476 g/mol. The van der Waals surface area contributed by atoms with E-state index in [0.717, 1.165) is 16.5 Å².